The van der Waals surface area contributed by atoms with Crippen LogP contribution in [0, 0.1) is 0 Å². The van der Waals surface area contributed by atoms with Gasteiger partial charge in [-0.15, -0.1) is 0 Å². The molecular formula is C16H18BrNO2. The number of aryl methyl sites for hydroxylation is 1. The lowest BCUT2D eigenvalue weighted by Crippen LogP contribution is -2.05. The average Bonchev–Trinajstić information content (AvgIpc) is 2.47. The second-order valence-corrected chi connectivity index (χ2v) is 5.47. The minimum Gasteiger partial charge on any atom is -0.496 e. The number of ether oxygens (including phenoxy) is 1. The minimum absolute atomic E-state index is 0.520. The molecule has 2 rings (SSSR count). The first kappa shape index (κ1) is 15.0. The molecule has 0 fully saturated rings. The number of methoxy groups -OCH3 is 1. The number of aliphatic hydroxyl groups is 1. The number of aliphatic hydroxyl groups excluding tert-OH is 1. The first-order chi connectivity index (χ1) is 9.65. The molecular weight excluding hydrogens is 318 g/mol. The van der Waals surface area contributed by atoms with Gasteiger partial charge in [0.05, 0.1) is 17.7 Å². The van der Waals surface area contributed by atoms with Crippen LogP contribution in [0.3, 0.4) is 0 Å². The van der Waals surface area contributed by atoms with Gasteiger partial charge < -0.3 is 9.84 Å². The highest BCUT2D eigenvalue weighted by Crippen LogP contribution is 2.28. The molecule has 0 radical (unpaired) electrons. The predicted molar refractivity (Wildman–Crippen MR) is 83.0 cm³/mol. The first-order valence-electron chi connectivity index (χ1n) is 6.59. The molecule has 1 aromatic heterocycles. The van der Waals surface area contributed by atoms with Gasteiger partial charge in [0, 0.05) is 18.8 Å². The summed E-state index contributed by atoms with van der Waals surface area (Å²) in [5, 5.41) is 10.4. The number of hydrogen-bond acceptors (Lipinski definition) is 3. The number of hydrogen-bond donors (Lipinski definition) is 1. The Labute approximate surface area is 127 Å². The maximum Gasteiger partial charge on any atom is 0.133 e. The van der Waals surface area contributed by atoms with E-state index in [4.69, 9.17) is 4.74 Å². The number of pyridine rings is 1. The second kappa shape index (κ2) is 6.86. The van der Waals surface area contributed by atoms with E-state index < -0.39 is 6.10 Å². The maximum absolute atomic E-state index is 10.4. The van der Waals surface area contributed by atoms with E-state index in [9.17, 15) is 5.11 Å². The zero-order valence-corrected chi connectivity index (χ0v) is 13.2. The number of rotatable bonds is 5. The summed E-state index contributed by atoms with van der Waals surface area (Å²) in [5.74, 6) is 0.793. The van der Waals surface area contributed by atoms with Crippen LogP contribution in [-0.4, -0.2) is 17.2 Å². The summed E-state index contributed by atoms with van der Waals surface area (Å²) >= 11 is 3.46. The monoisotopic (exact) mass is 335 g/mol. The van der Waals surface area contributed by atoms with E-state index in [0.29, 0.717) is 6.42 Å². The molecule has 0 spiro atoms. The van der Waals surface area contributed by atoms with Crippen LogP contribution in [0.2, 0.25) is 0 Å². The molecule has 20 heavy (non-hydrogen) atoms. The summed E-state index contributed by atoms with van der Waals surface area (Å²) in [7, 11) is 1.64. The molecule has 0 bridgehead atoms. The highest BCUT2D eigenvalue weighted by Gasteiger charge is 2.13. The Morgan fingerprint density at radius 2 is 2.15 bits per heavy atom. The van der Waals surface area contributed by atoms with Gasteiger partial charge in [0.1, 0.15) is 5.75 Å². The molecule has 1 N–H and O–H groups in total. The Kier molecular flexibility index (Phi) is 5.15. The predicted octanol–water partition coefficient (Wildman–Crippen LogP) is 3.69. The van der Waals surface area contributed by atoms with Gasteiger partial charge >= 0.3 is 0 Å². The smallest absolute Gasteiger partial charge is 0.133 e. The van der Waals surface area contributed by atoms with Crippen molar-refractivity contribution in [3.8, 4) is 5.75 Å². The molecule has 1 atom stereocenters. The van der Waals surface area contributed by atoms with Crippen LogP contribution in [-0.2, 0) is 12.8 Å². The normalized spacial score (nSPS) is 12.2. The van der Waals surface area contributed by atoms with Crippen LogP contribution < -0.4 is 4.74 Å². The van der Waals surface area contributed by atoms with E-state index in [1.807, 2.05) is 30.5 Å². The van der Waals surface area contributed by atoms with Crippen LogP contribution >= 0.6 is 15.9 Å². The minimum atomic E-state index is -0.520. The van der Waals surface area contributed by atoms with Crippen molar-refractivity contribution < 1.29 is 9.84 Å². The molecule has 0 aliphatic rings. The Morgan fingerprint density at radius 3 is 2.80 bits per heavy atom. The fourth-order valence-electron chi connectivity index (χ4n) is 2.23. The lowest BCUT2D eigenvalue weighted by atomic mass is 9.97. The number of halogens is 1. The van der Waals surface area contributed by atoms with Gasteiger partial charge in [-0.05, 0) is 57.2 Å². The Balaban J connectivity index is 2.19. The van der Waals surface area contributed by atoms with Crippen molar-refractivity contribution in [1.29, 1.82) is 0 Å². The molecule has 3 nitrogen and oxygen atoms in total. The van der Waals surface area contributed by atoms with Gasteiger partial charge in [0.25, 0.3) is 0 Å². The Hall–Kier alpha value is -1.39. The topological polar surface area (TPSA) is 42.4 Å². The Bertz CT molecular complexity index is 586. The highest BCUT2D eigenvalue weighted by molar-refractivity contribution is 9.10. The number of benzene rings is 1. The zero-order chi connectivity index (χ0) is 14.5. The lowest BCUT2D eigenvalue weighted by molar-refractivity contribution is 0.177. The average molecular weight is 336 g/mol. The summed E-state index contributed by atoms with van der Waals surface area (Å²) in [4.78, 5) is 4.11. The van der Waals surface area contributed by atoms with E-state index >= 15 is 0 Å². The van der Waals surface area contributed by atoms with Gasteiger partial charge in [-0.2, -0.15) is 0 Å². The summed E-state index contributed by atoms with van der Waals surface area (Å²) < 4.78 is 6.11. The van der Waals surface area contributed by atoms with Crippen molar-refractivity contribution >= 4 is 15.9 Å². The molecule has 2 aromatic rings. The highest BCUT2D eigenvalue weighted by atomic mass is 79.9. The van der Waals surface area contributed by atoms with E-state index in [0.717, 1.165) is 33.3 Å². The lowest BCUT2D eigenvalue weighted by Gasteiger charge is -2.15. The van der Waals surface area contributed by atoms with Crippen LogP contribution in [0.25, 0.3) is 0 Å². The molecule has 4 heteroatoms. The molecule has 0 aliphatic carbocycles. The first-order valence-corrected chi connectivity index (χ1v) is 7.38. The molecule has 0 saturated heterocycles. The molecule has 0 aliphatic heterocycles. The standard InChI is InChI=1S/C16H18BrNO2/c1-3-12-10-18-7-6-13(12)15(19)9-11-4-5-16(20-2)14(17)8-11/h4-8,10,15,19H,3,9H2,1-2H3. The van der Waals surface area contributed by atoms with Crippen LogP contribution in [0.5, 0.6) is 5.75 Å². The third-order valence-corrected chi connectivity index (χ3v) is 3.95. The molecule has 0 saturated carbocycles. The zero-order valence-electron chi connectivity index (χ0n) is 11.6. The molecule has 1 heterocycles. The van der Waals surface area contributed by atoms with Crippen molar-refractivity contribution in [3.63, 3.8) is 0 Å². The van der Waals surface area contributed by atoms with Gasteiger partial charge in [0.15, 0.2) is 0 Å². The number of nitrogens with zero attached hydrogens (tertiary/aromatic N) is 1. The van der Waals surface area contributed by atoms with Gasteiger partial charge in [-0.3, -0.25) is 4.98 Å². The van der Waals surface area contributed by atoms with E-state index in [1.54, 1.807) is 13.3 Å². The Morgan fingerprint density at radius 1 is 1.35 bits per heavy atom. The second-order valence-electron chi connectivity index (χ2n) is 4.62. The van der Waals surface area contributed by atoms with Gasteiger partial charge in [-0.1, -0.05) is 13.0 Å². The summed E-state index contributed by atoms with van der Waals surface area (Å²) in [6.07, 6.45) is 4.46. The van der Waals surface area contributed by atoms with E-state index in [1.165, 1.54) is 0 Å². The third-order valence-electron chi connectivity index (χ3n) is 3.33. The quantitative estimate of drug-likeness (QED) is 0.905. The fraction of sp³-hybridized carbons (Fsp3) is 0.312. The van der Waals surface area contributed by atoms with Crippen molar-refractivity contribution in [3.05, 3.63) is 57.8 Å². The molecule has 0 amide bonds. The van der Waals surface area contributed by atoms with E-state index in [2.05, 4.69) is 27.8 Å². The third kappa shape index (κ3) is 3.38. The van der Waals surface area contributed by atoms with Crippen molar-refractivity contribution in [2.75, 3.05) is 7.11 Å². The summed E-state index contributed by atoms with van der Waals surface area (Å²) in [6.45, 7) is 2.07. The fourth-order valence-corrected chi connectivity index (χ4v) is 2.82. The molecule has 1 aromatic carbocycles. The summed E-state index contributed by atoms with van der Waals surface area (Å²) in [5.41, 5.74) is 3.10. The van der Waals surface area contributed by atoms with Gasteiger partial charge in [-0.25, -0.2) is 0 Å². The van der Waals surface area contributed by atoms with Crippen LogP contribution in [0.1, 0.15) is 29.7 Å². The largest absolute Gasteiger partial charge is 0.496 e. The van der Waals surface area contributed by atoms with Crippen molar-refractivity contribution in [2.24, 2.45) is 0 Å². The molecule has 1 unspecified atom stereocenters. The van der Waals surface area contributed by atoms with Crippen molar-refractivity contribution in [2.45, 2.75) is 25.9 Å². The van der Waals surface area contributed by atoms with E-state index in [-0.39, 0.29) is 0 Å². The van der Waals surface area contributed by atoms with Crippen LogP contribution in [0.15, 0.2) is 41.1 Å². The molecule has 106 valence electrons. The number of aromatic nitrogens is 1. The SMILES string of the molecule is CCc1cnccc1C(O)Cc1ccc(OC)c(Br)c1. The summed E-state index contributed by atoms with van der Waals surface area (Å²) in [6, 6.07) is 7.75. The van der Waals surface area contributed by atoms with Crippen molar-refractivity contribution in [1.82, 2.24) is 4.98 Å². The van der Waals surface area contributed by atoms with Gasteiger partial charge in [0.2, 0.25) is 0 Å². The van der Waals surface area contributed by atoms with Crippen LogP contribution in [0.4, 0.5) is 0 Å². The maximum atomic E-state index is 10.4.